The lowest BCUT2D eigenvalue weighted by molar-refractivity contribution is -0.132. The number of amides is 1. The summed E-state index contributed by atoms with van der Waals surface area (Å²) in [6, 6.07) is 14.0. The van der Waals surface area contributed by atoms with Gasteiger partial charge in [-0.2, -0.15) is 0 Å². The van der Waals surface area contributed by atoms with Crippen LogP contribution in [-0.4, -0.2) is 43.2 Å². The second-order valence-corrected chi connectivity index (χ2v) is 7.52. The highest BCUT2D eigenvalue weighted by Crippen LogP contribution is 2.27. The number of fused-ring (bicyclic) bond motifs is 2. The van der Waals surface area contributed by atoms with Crippen LogP contribution in [0.4, 0.5) is 0 Å². The van der Waals surface area contributed by atoms with Gasteiger partial charge in [0, 0.05) is 37.8 Å². The maximum absolute atomic E-state index is 12.8. The predicted molar refractivity (Wildman–Crippen MR) is 108 cm³/mol. The zero-order chi connectivity index (χ0) is 18.9. The summed E-state index contributed by atoms with van der Waals surface area (Å²) in [6.45, 7) is 1.57. The average Bonchev–Trinajstić information content (AvgIpc) is 3.35. The number of pyridine rings is 1. The number of nitrogens with one attached hydrogen (secondary N) is 1. The molecule has 1 fully saturated rings. The maximum atomic E-state index is 12.8. The van der Waals surface area contributed by atoms with Crippen molar-refractivity contribution in [1.82, 2.24) is 24.3 Å². The van der Waals surface area contributed by atoms with E-state index in [1.165, 1.54) is 0 Å². The van der Waals surface area contributed by atoms with Crippen LogP contribution in [-0.2, 0) is 11.2 Å². The van der Waals surface area contributed by atoms with Gasteiger partial charge in [-0.05, 0) is 43.5 Å². The van der Waals surface area contributed by atoms with Gasteiger partial charge in [-0.25, -0.2) is 9.97 Å². The lowest BCUT2D eigenvalue weighted by Crippen LogP contribution is -2.39. The van der Waals surface area contributed by atoms with Gasteiger partial charge in [-0.15, -0.1) is 0 Å². The Hall–Kier alpha value is -3.15. The Balaban J connectivity index is 1.24. The second kappa shape index (κ2) is 7.11. The second-order valence-electron chi connectivity index (χ2n) is 7.52. The molecule has 1 aliphatic heterocycles. The van der Waals surface area contributed by atoms with Crippen molar-refractivity contribution in [1.29, 1.82) is 0 Å². The summed E-state index contributed by atoms with van der Waals surface area (Å²) >= 11 is 0. The van der Waals surface area contributed by atoms with E-state index in [4.69, 9.17) is 4.98 Å². The van der Waals surface area contributed by atoms with E-state index in [1.807, 2.05) is 64.2 Å². The van der Waals surface area contributed by atoms with Crippen molar-refractivity contribution in [2.45, 2.75) is 31.6 Å². The van der Waals surface area contributed by atoms with Crippen LogP contribution >= 0.6 is 0 Å². The molecule has 6 heteroatoms. The number of aryl methyl sites for hydroxylation is 1. The summed E-state index contributed by atoms with van der Waals surface area (Å²) < 4.78 is 2.00. The Labute approximate surface area is 163 Å². The third-order valence-corrected chi connectivity index (χ3v) is 5.58. The first-order valence-corrected chi connectivity index (χ1v) is 9.91. The first kappa shape index (κ1) is 17.0. The highest BCUT2D eigenvalue weighted by molar-refractivity contribution is 5.77. The van der Waals surface area contributed by atoms with E-state index in [9.17, 15) is 4.79 Å². The predicted octanol–water partition coefficient (Wildman–Crippen LogP) is 3.55. The summed E-state index contributed by atoms with van der Waals surface area (Å²) in [5.41, 5.74) is 3.94. The molecule has 1 unspecified atom stereocenters. The molecule has 5 rings (SSSR count). The van der Waals surface area contributed by atoms with Gasteiger partial charge in [0.2, 0.25) is 5.91 Å². The van der Waals surface area contributed by atoms with Gasteiger partial charge in [0.1, 0.15) is 11.5 Å². The quantitative estimate of drug-likeness (QED) is 0.595. The molecule has 4 aromatic rings. The minimum atomic E-state index is 0.206. The van der Waals surface area contributed by atoms with Crippen LogP contribution in [0.3, 0.4) is 0 Å². The number of para-hydroxylation sites is 2. The van der Waals surface area contributed by atoms with Gasteiger partial charge in [0.05, 0.1) is 16.7 Å². The van der Waals surface area contributed by atoms with Crippen LogP contribution in [0.25, 0.3) is 16.7 Å². The molecular weight excluding hydrogens is 350 g/mol. The third kappa shape index (κ3) is 3.26. The zero-order valence-corrected chi connectivity index (χ0v) is 15.7. The highest BCUT2D eigenvalue weighted by atomic mass is 16.2. The molecule has 28 heavy (non-hydrogen) atoms. The molecule has 1 saturated heterocycles. The number of likely N-dealkylation sites (tertiary alicyclic amines) is 1. The Morgan fingerprint density at radius 2 is 2.04 bits per heavy atom. The number of benzene rings is 1. The molecule has 4 heterocycles. The molecule has 0 radical (unpaired) electrons. The van der Waals surface area contributed by atoms with E-state index >= 15 is 0 Å². The van der Waals surface area contributed by atoms with E-state index < -0.39 is 0 Å². The monoisotopic (exact) mass is 373 g/mol. The Kier molecular flexibility index (Phi) is 4.31. The number of H-pyrrole nitrogens is 1. The minimum Gasteiger partial charge on any atom is -0.342 e. The third-order valence-electron chi connectivity index (χ3n) is 5.58. The van der Waals surface area contributed by atoms with Crippen molar-refractivity contribution >= 4 is 22.6 Å². The topological polar surface area (TPSA) is 66.3 Å². The molecule has 0 saturated carbocycles. The van der Waals surface area contributed by atoms with Crippen LogP contribution < -0.4 is 0 Å². The molecule has 1 aliphatic rings. The fraction of sp³-hybridized carbons (Fsp3) is 0.318. The molecule has 3 aromatic heterocycles. The van der Waals surface area contributed by atoms with E-state index in [-0.39, 0.29) is 11.8 Å². The number of aromatic nitrogens is 4. The van der Waals surface area contributed by atoms with Crippen molar-refractivity contribution in [3.8, 4) is 0 Å². The lowest BCUT2D eigenvalue weighted by atomic mass is 9.97. The van der Waals surface area contributed by atoms with Gasteiger partial charge < -0.3 is 14.3 Å². The molecule has 1 atom stereocenters. The molecule has 0 bridgehead atoms. The van der Waals surface area contributed by atoms with Crippen molar-refractivity contribution < 1.29 is 4.79 Å². The fourth-order valence-corrected chi connectivity index (χ4v) is 4.09. The summed E-state index contributed by atoms with van der Waals surface area (Å²) in [5.74, 6) is 1.48. The first-order chi connectivity index (χ1) is 13.8. The van der Waals surface area contributed by atoms with E-state index in [0.717, 1.165) is 54.1 Å². The van der Waals surface area contributed by atoms with E-state index in [1.54, 1.807) is 0 Å². The fourth-order valence-electron chi connectivity index (χ4n) is 4.09. The number of carbonyl (C=O) groups is 1. The van der Waals surface area contributed by atoms with E-state index in [2.05, 4.69) is 9.97 Å². The summed E-state index contributed by atoms with van der Waals surface area (Å²) in [7, 11) is 0. The molecule has 1 amide bonds. The van der Waals surface area contributed by atoms with Crippen LogP contribution in [0.1, 0.15) is 36.7 Å². The van der Waals surface area contributed by atoms with Gasteiger partial charge in [-0.3, -0.25) is 4.79 Å². The number of rotatable bonds is 4. The van der Waals surface area contributed by atoms with Crippen molar-refractivity contribution in [3.05, 3.63) is 66.4 Å². The van der Waals surface area contributed by atoms with E-state index in [0.29, 0.717) is 12.8 Å². The molecule has 1 aromatic carbocycles. The van der Waals surface area contributed by atoms with Crippen LogP contribution in [0, 0.1) is 0 Å². The normalized spacial score (nSPS) is 17.4. The molecule has 6 nitrogen and oxygen atoms in total. The van der Waals surface area contributed by atoms with Crippen LogP contribution in [0.2, 0.25) is 0 Å². The Morgan fingerprint density at radius 1 is 1.14 bits per heavy atom. The molecule has 142 valence electrons. The van der Waals surface area contributed by atoms with Crippen molar-refractivity contribution in [3.63, 3.8) is 0 Å². The molecule has 0 aliphatic carbocycles. The molecular formula is C22H23N5O. The Morgan fingerprint density at radius 3 is 2.93 bits per heavy atom. The Bertz CT molecular complexity index is 1060. The number of hydrogen-bond acceptors (Lipinski definition) is 3. The SMILES string of the molecule is O=C(CCc1cn2ccccc2n1)N1CCCC(c2nc3ccccc3[nH]2)C1. The standard InChI is InChI=1S/C22H23N5O/c28-21(11-10-17-15-26-12-4-3-9-20(26)23-17)27-13-5-6-16(14-27)22-24-18-7-1-2-8-19(18)25-22/h1-4,7-9,12,15-16H,5-6,10-11,13-14H2,(H,24,25). The van der Waals surface area contributed by atoms with Gasteiger partial charge in [0.25, 0.3) is 0 Å². The van der Waals surface area contributed by atoms with Crippen molar-refractivity contribution in [2.75, 3.05) is 13.1 Å². The first-order valence-electron chi connectivity index (χ1n) is 9.91. The van der Waals surface area contributed by atoms with Gasteiger partial charge in [-0.1, -0.05) is 18.2 Å². The largest absolute Gasteiger partial charge is 0.342 e. The molecule has 1 N–H and O–H groups in total. The number of hydrogen-bond donors (Lipinski definition) is 1. The smallest absolute Gasteiger partial charge is 0.222 e. The van der Waals surface area contributed by atoms with Crippen LogP contribution in [0.15, 0.2) is 54.9 Å². The summed E-state index contributed by atoms with van der Waals surface area (Å²) in [4.78, 5) is 27.6. The maximum Gasteiger partial charge on any atom is 0.222 e. The highest BCUT2D eigenvalue weighted by Gasteiger charge is 2.26. The van der Waals surface area contributed by atoms with Crippen molar-refractivity contribution in [2.24, 2.45) is 0 Å². The lowest BCUT2D eigenvalue weighted by Gasteiger charge is -2.32. The average molecular weight is 373 g/mol. The number of nitrogens with zero attached hydrogens (tertiary/aromatic N) is 4. The number of imidazole rings is 2. The zero-order valence-electron chi connectivity index (χ0n) is 15.7. The molecule has 0 spiro atoms. The van der Waals surface area contributed by atoms with Gasteiger partial charge in [0.15, 0.2) is 0 Å². The summed E-state index contributed by atoms with van der Waals surface area (Å²) in [5, 5.41) is 0. The number of carbonyl (C=O) groups excluding carboxylic acids is 1. The number of piperidine rings is 1. The minimum absolute atomic E-state index is 0.206. The van der Waals surface area contributed by atoms with Crippen LogP contribution in [0.5, 0.6) is 0 Å². The summed E-state index contributed by atoms with van der Waals surface area (Å²) in [6.07, 6.45) is 7.24. The number of aromatic amines is 1. The van der Waals surface area contributed by atoms with Gasteiger partial charge >= 0.3 is 0 Å².